The Morgan fingerprint density at radius 1 is 1.35 bits per heavy atom. The maximum atomic E-state index is 11.4. The third-order valence-corrected chi connectivity index (χ3v) is 4.94. The van der Waals surface area contributed by atoms with E-state index in [0.717, 1.165) is 19.4 Å². The number of sulfone groups is 1. The van der Waals surface area contributed by atoms with Crippen molar-refractivity contribution >= 4 is 15.8 Å². The van der Waals surface area contributed by atoms with Crippen LogP contribution in [0.4, 0.5) is 0 Å². The molecule has 1 fully saturated rings. The summed E-state index contributed by atoms with van der Waals surface area (Å²) in [5.41, 5.74) is 0. The van der Waals surface area contributed by atoms with Crippen LogP contribution in [-0.2, 0) is 14.6 Å². The summed E-state index contributed by atoms with van der Waals surface area (Å²) < 4.78 is 22.7. The number of rotatable bonds is 6. The molecule has 0 bridgehead atoms. The number of aliphatic carboxylic acids is 1. The van der Waals surface area contributed by atoms with Crippen LogP contribution in [0.1, 0.15) is 32.6 Å². The van der Waals surface area contributed by atoms with E-state index in [2.05, 4.69) is 4.90 Å². The van der Waals surface area contributed by atoms with Gasteiger partial charge < -0.3 is 5.11 Å². The molecular formula is C11H21NO4S. The van der Waals surface area contributed by atoms with Crippen LogP contribution in [0.2, 0.25) is 0 Å². The van der Waals surface area contributed by atoms with E-state index in [1.54, 1.807) is 0 Å². The Balaban J connectivity index is 2.18. The van der Waals surface area contributed by atoms with Gasteiger partial charge in [-0.1, -0.05) is 6.42 Å². The highest BCUT2D eigenvalue weighted by molar-refractivity contribution is 7.91. The van der Waals surface area contributed by atoms with Gasteiger partial charge in [-0.2, -0.15) is 0 Å². The number of carbonyl (C=O) groups is 1. The van der Waals surface area contributed by atoms with E-state index in [4.69, 9.17) is 5.11 Å². The van der Waals surface area contributed by atoms with Gasteiger partial charge in [0, 0.05) is 19.0 Å². The van der Waals surface area contributed by atoms with Gasteiger partial charge in [-0.15, -0.1) is 0 Å². The number of hydrogen-bond acceptors (Lipinski definition) is 4. The lowest BCUT2D eigenvalue weighted by Gasteiger charge is -2.33. The number of carboxylic acid groups (broad SMARTS) is 1. The molecule has 1 rings (SSSR count). The fourth-order valence-corrected chi connectivity index (χ4v) is 3.76. The molecule has 5 nitrogen and oxygen atoms in total. The molecule has 1 unspecified atom stereocenters. The summed E-state index contributed by atoms with van der Waals surface area (Å²) in [5, 5.41) is 8.48. The minimum Gasteiger partial charge on any atom is -0.481 e. The predicted molar refractivity (Wildman–Crippen MR) is 65.8 cm³/mol. The van der Waals surface area contributed by atoms with E-state index in [0.29, 0.717) is 13.0 Å². The van der Waals surface area contributed by atoms with Crippen LogP contribution in [0.3, 0.4) is 0 Å². The lowest BCUT2D eigenvalue weighted by molar-refractivity contribution is -0.137. The van der Waals surface area contributed by atoms with E-state index in [9.17, 15) is 13.2 Å². The van der Waals surface area contributed by atoms with Crippen molar-refractivity contribution in [1.82, 2.24) is 4.90 Å². The summed E-state index contributed by atoms with van der Waals surface area (Å²) in [5.74, 6) is -0.239. The van der Waals surface area contributed by atoms with Crippen molar-refractivity contribution in [3.05, 3.63) is 0 Å². The number of hydrogen-bond donors (Lipinski definition) is 1. The second-order valence-electron chi connectivity index (χ2n) is 4.70. The molecule has 1 aliphatic heterocycles. The zero-order valence-corrected chi connectivity index (χ0v) is 11.1. The van der Waals surface area contributed by atoms with Crippen LogP contribution < -0.4 is 0 Å². The molecule has 0 aromatic carbocycles. The molecule has 1 N–H and O–H groups in total. The summed E-state index contributed by atoms with van der Waals surface area (Å²) in [4.78, 5) is 12.5. The SMILES string of the molecule is CC1CS(=O)(=O)CCN1CCCCCC(=O)O. The first-order valence-corrected chi connectivity index (χ1v) is 7.89. The van der Waals surface area contributed by atoms with Crippen molar-refractivity contribution in [2.24, 2.45) is 0 Å². The van der Waals surface area contributed by atoms with Crippen LogP contribution in [0.5, 0.6) is 0 Å². The summed E-state index contributed by atoms with van der Waals surface area (Å²) >= 11 is 0. The first-order valence-electron chi connectivity index (χ1n) is 6.07. The quantitative estimate of drug-likeness (QED) is 0.716. The van der Waals surface area contributed by atoms with Crippen LogP contribution in [0.15, 0.2) is 0 Å². The Morgan fingerprint density at radius 3 is 2.65 bits per heavy atom. The third-order valence-electron chi connectivity index (χ3n) is 3.14. The number of unbranched alkanes of at least 4 members (excludes halogenated alkanes) is 2. The van der Waals surface area contributed by atoms with Gasteiger partial charge in [0.25, 0.3) is 0 Å². The van der Waals surface area contributed by atoms with Crippen LogP contribution in [0.25, 0.3) is 0 Å². The second kappa shape index (κ2) is 6.35. The van der Waals surface area contributed by atoms with Gasteiger partial charge in [0.2, 0.25) is 0 Å². The Labute approximate surface area is 103 Å². The van der Waals surface area contributed by atoms with Gasteiger partial charge in [-0.05, 0) is 26.3 Å². The maximum Gasteiger partial charge on any atom is 0.303 e. The molecule has 17 heavy (non-hydrogen) atoms. The van der Waals surface area contributed by atoms with Crippen molar-refractivity contribution in [2.75, 3.05) is 24.6 Å². The molecule has 0 amide bonds. The molecule has 1 atom stereocenters. The standard InChI is InChI=1S/C11H21NO4S/c1-10-9-17(15,16)8-7-12(10)6-4-2-3-5-11(13)14/h10H,2-9H2,1H3,(H,13,14). The average molecular weight is 263 g/mol. The fraction of sp³-hybridized carbons (Fsp3) is 0.909. The molecule has 1 aliphatic rings. The fourth-order valence-electron chi connectivity index (χ4n) is 2.13. The third kappa shape index (κ3) is 5.50. The lowest BCUT2D eigenvalue weighted by atomic mass is 10.1. The van der Waals surface area contributed by atoms with Crippen molar-refractivity contribution in [3.63, 3.8) is 0 Å². The molecule has 6 heteroatoms. The van der Waals surface area contributed by atoms with Gasteiger partial charge in [-0.25, -0.2) is 8.42 Å². The maximum absolute atomic E-state index is 11.4. The first-order chi connectivity index (χ1) is 7.91. The molecule has 1 heterocycles. The van der Waals surface area contributed by atoms with Gasteiger partial charge in [0.15, 0.2) is 9.84 Å². The zero-order chi connectivity index (χ0) is 12.9. The Hall–Kier alpha value is -0.620. The zero-order valence-electron chi connectivity index (χ0n) is 10.3. The average Bonchev–Trinajstić information content (AvgIpc) is 2.19. The van der Waals surface area contributed by atoms with Crippen LogP contribution in [0, 0.1) is 0 Å². The highest BCUT2D eigenvalue weighted by Crippen LogP contribution is 2.12. The monoisotopic (exact) mass is 263 g/mol. The molecule has 0 aliphatic carbocycles. The van der Waals surface area contributed by atoms with E-state index in [1.165, 1.54) is 0 Å². The first kappa shape index (κ1) is 14.4. The second-order valence-corrected chi connectivity index (χ2v) is 6.93. The van der Waals surface area contributed by atoms with E-state index >= 15 is 0 Å². The molecule has 0 aromatic heterocycles. The van der Waals surface area contributed by atoms with E-state index < -0.39 is 15.8 Å². The summed E-state index contributed by atoms with van der Waals surface area (Å²) in [6, 6.07) is 0.0909. The molecule has 0 spiro atoms. The van der Waals surface area contributed by atoms with Crippen molar-refractivity contribution in [1.29, 1.82) is 0 Å². The number of nitrogens with zero attached hydrogens (tertiary/aromatic N) is 1. The normalized spacial score (nSPS) is 24.6. The molecule has 0 saturated carbocycles. The largest absolute Gasteiger partial charge is 0.481 e. The molecule has 1 saturated heterocycles. The van der Waals surface area contributed by atoms with Gasteiger partial charge >= 0.3 is 5.97 Å². The Morgan fingerprint density at radius 2 is 2.06 bits per heavy atom. The Bertz CT molecular complexity index is 352. The smallest absolute Gasteiger partial charge is 0.303 e. The molecule has 0 aromatic rings. The molecular weight excluding hydrogens is 242 g/mol. The summed E-state index contributed by atoms with van der Waals surface area (Å²) in [7, 11) is -2.83. The number of carboxylic acids is 1. The van der Waals surface area contributed by atoms with Gasteiger partial charge in [0.05, 0.1) is 11.5 Å². The highest BCUT2D eigenvalue weighted by Gasteiger charge is 2.27. The van der Waals surface area contributed by atoms with Crippen LogP contribution >= 0.6 is 0 Å². The Kier molecular flexibility index (Phi) is 5.39. The van der Waals surface area contributed by atoms with E-state index in [1.807, 2.05) is 6.92 Å². The minimum absolute atomic E-state index is 0.0909. The highest BCUT2D eigenvalue weighted by atomic mass is 32.2. The molecule has 100 valence electrons. The van der Waals surface area contributed by atoms with Crippen molar-refractivity contribution < 1.29 is 18.3 Å². The summed E-state index contributed by atoms with van der Waals surface area (Å²) in [6.07, 6.45) is 2.76. The lowest BCUT2D eigenvalue weighted by Crippen LogP contribution is -2.47. The topological polar surface area (TPSA) is 74.7 Å². The van der Waals surface area contributed by atoms with Gasteiger partial charge in [0.1, 0.15) is 0 Å². The predicted octanol–water partition coefficient (Wildman–Crippen LogP) is 0.750. The summed E-state index contributed by atoms with van der Waals surface area (Å²) in [6.45, 7) is 3.42. The van der Waals surface area contributed by atoms with Crippen molar-refractivity contribution in [3.8, 4) is 0 Å². The van der Waals surface area contributed by atoms with Crippen LogP contribution in [-0.4, -0.2) is 55.0 Å². The van der Waals surface area contributed by atoms with Gasteiger partial charge in [-0.3, -0.25) is 9.69 Å². The van der Waals surface area contributed by atoms with Crippen molar-refractivity contribution in [2.45, 2.75) is 38.6 Å². The van der Waals surface area contributed by atoms with E-state index in [-0.39, 0.29) is 24.0 Å². The molecule has 0 radical (unpaired) electrons. The minimum atomic E-state index is -2.83.